The molecule has 3 saturated heterocycles. The van der Waals surface area contributed by atoms with E-state index < -0.39 is 153 Å². The van der Waals surface area contributed by atoms with Gasteiger partial charge in [0.15, 0.2) is 61.6 Å². The number of hydrogen-bond acceptors (Lipinski definition) is 24. The molecular weight excluding hydrogens is 961 g/mol. The Morgan fingerprint density at radius 2 is 0.764 bits per heavy atom. The Bertz CT molecular complexity index is 2150. The van der Waals surface area contributed by atoms with Crippen LogP contribution in [0.15, 0.2) is 60.7 Å². The predicted octanol–water partition coefficient (Wildman–Crippen LogP) is 1.44. The van der Waals surface area contributed by atoms with E-state index in [1.165, 1.54) is 0 Å². The van der Waals surface area contributed by atoms with Crippen LogP contribution in [0.5, 0.6) is 0 Å². The van der Waals surface area contributed by atoms with Gasteiger partial charge in [-0.25, -0.2) is 0 Å². The second-order valence-corrected chi connectivity index (χ2v) is 16.6. The molecule has 0 aliphatic carbocycles. The summed E-state index contributed by atoms with van der Waals surface area (Å²) >= 11 is 0. The van der Waals surface area contributed by atoms with E-state index >= 15 is 0 Å². The third kappa shape index (κ3) is 16.5. The quantitative estimate of drug-likeness (QED) is 0.137. The molecule has 0 radical (unpaired) electrons. The van der Waals surface area contributed by atoms with Crippen LogP contribution in [0.3, 0.4) is 0 Å². The van der Waals surface area contributed by atoms with E-state index in [9.17, 15) is 43.5 Å². The second-order valence-electron chi connectivity index (χ2n) is 16.6. The Hall–Kier alpha value is -6.12. The average molecular weight is 1020 g/mol. The van der Waals surface area contributed by atoms with Crippen molar-refractivity contribution in [3.8, 4) is 0 Å². The van der Waals surface area contributed by atoms with Crippen molar-refractivity contribution in [1.82, 2.24) is 0 Å². The van der Waals surface area contributed by atoms with E-state index in [-0.39, 0.29) is 19.8 Å². The summed E-state index contributed by atoms with van der Waals surface area (Å²) in [7, 11) is 0. The van der Waals surface area contributed by atoms with E-state index in [4.69, 9.17) is 71.1 Å². The number of esters is 8. The Morgan fingerprint density at radius 1 is 0.403 bits per heavy atom. The van der Waals surface area contributed by atoms with Gasteiger partial charge in [-0.3, -0.25) is 38.4 Å². The number of aliphatic hydroxyl groups is 1. The zero-order valence-corrected chi connectivity index (χ0v) is 40.8. The number of carbonyl (C=O) groups is 8. The van der Waals surface area contributed by atoms with E-state index in [1.54, 1.807) is 60.7 Å². The first-order valence-electron chi connectivity index (χ1n) is 22.7. The van der Waals surface area contributed by atoms with Crippen molar-refractivity contribution < 1.29 is 115 Å². The van der Waals surface area contributed by atoms with Crippen molar-refractivity contribution in [3.05, 3.63) is 71.8 Å². The molecule has 24 heteroatoms. The number of hydrogen-bond donors (Lipinski definition) is 1. The fourth-order valence-corrected chi connectivity index (χ4v) is 8.12. The standard InChI is InChI=1S/C48H60O24/c1-24(50)59-23-36-39(41(64-28(5)54)43(65-29(6)55)46(69-36)60-21-33-17-13-10-14-18-33)71-47-45(67-31(8)57)42(37(61-25(2)51)34(19-49)68-47)72-48-44(66-30(7)56)40(63-27(4)53)38(62-26(3)52)35(70-48)22-58-20-32-15-11-9-12-16-32/h9-18,34-49H,19-23H2,1-8H3/t34-,35-,36-,37+,38+,39-,40+,41+,42+,43-,44-,45-,46-,47+,48+/m1/s1. The summed E-state index contributed by atoms with van der Waals surface area (Å²) in [5, 5.41) is 10.9. The number of ether oxygens (including phenoxy) is 15. The van der Waals surface area contributed by atoms with Gasteiger partial charge in [-0.15, -0.1) is 0 Å². The van der Waals surface area contributed by atoms with Gasteiger partial charge in [0.1, 0.15) is 37.1 Å². The Labute approximate surface area is 413 Å². The molecule has 1 N–H and O–H groups in total. The Balaban J connectivity index is 1.62. The van der Waals surface area contributed by atoms with Gasteiger partial charge < -0.3 is 76.2 Å². The van der Waals surface area contributed by atoms with Gasteiger partial charge in [0.2, 0.25) is 0 Å². The first-order valence-corrected chi connectivity index (χ1v) is 22.7. The molecule has 2 aromatic rings. The van der Waals surface area contributed by atoms with Crippen LogP contribution in [0, 0.1) is 0 Å². The highest BCUT2D eigenvalue weighted by Gasteiger charge is 2.60. The van der Waals surface area contributed by atoms with Crippen molar-refractivity contribution in [3.63, 3.8) is 0 Å². The molecule has 0 aromatic heterocycles. The number of aliphatic hydroxyl groups excluding tert-OH is 1. The number of rotatable bonds is 21. The van der Waals surface area contributed by atoms with Gasteiger partial charge in [-0.05, 0) is 11.1 Å². The number of carbonyl (C=O) groups excluding carboxylic acids is 8. The molecule has 2 aromatic carbocycles. The van der Waals surface area contributed by atoms with Gasteiger partial charge in [-0.1, -0.05) is 60.7 Å². The van der Waals surface area contributed by atoms with Crippen molar-refractivity contribution in [2.45, 2.75) is 161 Å². The minimum Gasteiger partial charge on any atom is -0.463 e. The van der Waals surface area contributed by atoms with Crippen molar-refractivity contribution in [1.29, 1.82) is 0 Å². The monoisotopic (exact) mass is 1020 g/mol. The molecule has 3 fully saturated rings. The van der Waals surface area contributed by atoms with Crippen molar-refractivity contribution in [2.24, 2.45) is 0 Å². The molecule has 15 atom stereocenters. The second kappa shape index (κ2) is 27.1. The van der Waals surface area contributed by atoms with Crippen molar-refractivity contribution in [2.75, 3.05) is 19.8 Å². The maximum atomic E-state index is 13.1. The SMILES string of the molecule is CC(=O)OC[C@H]1O[C@@H](OCc2ccccc2)[C@H](OC(C)=O)[C@@H](OC(C)=O)[C@@H]1O[C@@H]1O[C@H](CO)[C@H](OC(C)=O)[C@H](O[C@@H]2O[C@H](COCc3ccccc3)[C@H](OC(C)=O)[C@H](OC(C)=O)[C@H]2OC(C)=O)[C@H]1OC(C)=O. The lowest BCUT2D eigenvalue weighted by Gasteiger charge is -2.50. The maximum Gasteiger partial charge on any atom is 0.303 e. The molecule has 396 valence electrons. The third-order valence-electron chi connectivity index (χ3n) is 10.8. The van der Waals surface area contributed by atoms with Crippen LogP contribution in [-0.4, -0.2) is 165 Å². The molecule has 5 rings (SSSR count). The molecule has 3 heterocycles. The molecule has 3 aliphatic heterocycles. The molecule has 0 saturated carbocycles. The first-order chi connectivity index (χ1) is 34.2. The molecule has 0 unspecified atom stereocenters. The highest BCUT2D eigenvalue weighted by atomic mass is 16.8. The van der Waals surface area contributed by atoms with Crippen LogP contribution < -0.4 is 0 Å². The highest BCUT2D eigenvalue weighted by Crippen LogP contribution is 2.38. The van der Waals surface area contributed by atoms with E-state index in [0.29, 0.717) is 5.56 Å². The smallest absolute Gasteiger partial charge is 0.303 e. The summed E-state index contributed by atoms with van der Waals surface area (Å²) in [4.78, 5) is 102. The van der Waals surface area contributed by atoms with Crippen LogP contribution in [0.1, 0.15) is 66.5 Å². The predicted molar refractivity (Wildman–Crippen MR) is 236 cm³/mol. The van der Waals surface area contributed by atoms with Gasteiger partial charge >= 0.3 is 47.8 Å². The summed E-state index contributed by atoms with van der Waals surface area (Å²) in [6, 6.07) is 17.7. The summed E-state index contributed by atoms with van der Waals surface area (Å²) in [5.41, 5.74) is 1.40. The van der Waals surface area contributed by atoms with Crippen LogP contribution >= 0.6 is 0 Å². The van der Waals surface area contributed by atoms with E-state index in [0.717, 1.165) is 61.0 Å². The lowest BCUT2D eigenvalue weighted by molar-refractivity contribution is -0.382. The Kier molecular flexibility index (Phi) is 21.4. The molecule has 0 bridgehead atoms. The fourth-order valence-electron chi connectivity index (χ4n) is 8.12. The maximum absolute atomic E-state index is 13.1. The van der Waals surface area contributed by atoms with Crippen molar-refractivity contribution >= 4 is 47.8 Å². The topological polar surface area (TPSA) is 295 Å². The summed E-state index contributed by atoms with van der Waals surface area (Å²) in [6.07, 6.45) is -25.4. The van der Waals surface area contributed by atoms with Gasteiger partial charge in [0.25, 0.3) is 0 Å². The Morgan fingerprint density at radius 3 is 1.24 bits per heavy atom. The fraction of sp³-hybridized carbons (Fsp3) is 0.583. The molecule has 24 nitrogen and oxygen atoms in total. The minimum atomic E-state index is -1.98. The van der Waals surface area contributed by atoms with Gasteiger partial charge in [-0.2, -0.15) is 0 Å². The molecule has 0 amide bonds. The minimum absolute atomic E-state index is 0.0146. The highest BCUT2D eigenvalue weighted by molar-refractivity contribution is 5.69. The average Bonchev–Trinajstić information content (AvgIpc) is 3.30. The first kappa shape index (κ1) is 56.8. The van der Waals surface area contributed by atoms with Crippen LogP contribution in [0.25, 0.3) is 0 Å². The third-order valence-corrected chi connectivity index (χ3v) is 10.8. The summed E-state index contributed by atoms with van der Waals surface area (Å²) < 4.78 is 89.1. The largest absolute Gasteiger partial charge is 0.463 e. The van der Waals surface area contributed by atoms with Gasteiger partial charge in [0, 0.05) is 55.4 Å². The van der Waals surface area contributed by atoms with E-state index in [1.807, 2.05) is 0 Å². The van der Waals surface area contributed by atoms with Crippen LogP contribution in [0.2, 0.25) is 0 Å². The molecule has 72 heavy (non-hydrogen) atoms. The lowest BCUT2D eigenvalue weighted by atomic mass is 9.95. The van der Waals surface area contributed by atoms with E-state index in [2.05, 4.69) is 0 Å². The lowest BCUT2D eigenvalue weighted by Crippen LogP contribution is -2.69. The molecular formula is C48H60O24. The van der Waals surface area contributed by atoms with Crippen LogP contribution in [0.4, 0.5) is 0 Å². The number of benzene rings is 2. The van der Waals surface area contributed by atoms with Gasteiger partial charge in [0.05, 0.1) is 26.4 Å². The zero-order valence-electron chi connectivity index (χ0n) is 40.8. The molecule has 3 aliphatic rings. The summed E-state index contributed by atoms with van der Waals surface area (Å²) in [6.45, 7) is 6.31. The zero-order chi connectivity index (χ0) is 52.6. The van der Waals surface area contributed by atoms with Crippen LogP contribution in [-0.2, 0) is 123 Å². The molecule has 0 spiro atoms. The summed E-state index contributed by atoms with van der Waals surface area (Å²) in [5.74, 6) is -7.30. The normalized spacial score (nSPS) is 30.1.